The van der Waals surface area contributed by atoms with Gasteiger partial charge in [-0.25, -0.2) is 4.57 Å². The molecule has 0 rings (SSSR count). The number of unbranched alkanes of at least 4 members (excludes halogenated alkanes) is 26. The van der Waals surface area contributed by atoms with Crippen LogP contribution >= 0.6 is 7.82 Å². The molecule has 0 aliphatic rings. The van der Waals surface area contributed by atoms with Crippen molar-refractivity contribution in [2.75, 3.05) is 19.8 Å². The van der Waals surface area contributed by atoms with Crippen LogP contribution in [0.3, 0.4) is 0 Å². The van der Waals surface area contributed by atoms with E-state index < -0.39 is 51.1 Å². The third-order valence-electron chi connectivity index (χ3n) is 10.6. The zero-order valence-electron chi connectivity index (χ0n) is 38.8. The number of phosphoric acid groups is 1. The van der Waals surface area contributed by atoms with E-state index >= 15 is 0 Å². The van der Waals surface area contributed by atoms with E-state index in [-0.39, 0.29) is 19.4 Å². The molecule has 3 atom stereocenters. The second kappa shape index (κ2) is 44.3. The van der Waals surface area contributed by atoms with Crippen molar-refractivity contribution in [3.63, 3.8) is 0 Å². The molecule has 0 saturated carbocycles. The van der Waals surface area contributed by atoms with Crippen LogP contribution in [0.15, 0.2) is 36.5 Å². The van der Waals surface area contributed by atoms with Crippen molar-refractivity contribution in [1.82, 2.24) is 0 Å². The van der Waals surface area contributed by atoms with Crippen LogP contribution < -0.4 is 5.73 Å². The van der Waals surface area contributed by atoms with Gasteiger partial charge in [0, 0.05) is 12.8 Å². The first-order valence-corrected chi connectivity index (χ1v) is 26.0. The van der Waals surface area contributed by atoms with Crippen molar-refractivity contribution < 1.29 is 47.5 Å². The average molecular weight is 884 g/mol. The number of hydrogen-bond acceptors (Lipinski definition) is 9. The summed E-state index contributed by atoms with van der Waals surface area (Å²) in [6, 6.07) is -1.52. The molecule has 0 spiro atoms. The Kier molecular flexibility index (Phi) is 42.6. The maximum atomic E-state index is 12.7. The Bertz CT molecular complexity index is 1180. The molecule has 11 nitrogen and oxygen atoms in total. The SMILES string of the molecule is CCCCCC/C=C\C/C=C\CCCCCCCC(=O)OC(COC(=O)CCCCCCCCCCC/C=C\CCCCCCCCCC)COP(=O)(O)OCC(N)C(=O)O. The Morgan fingerprint density at radius 3 is 1.31 bits per heavy atom. The molecule has 0 aromatic rings. The smallest absolute Gasteiger partial charge is 0.472 e. The molecule has 4 N–H and O–H groups in total. The molecular formula is C49H90NO10P. The summed E-state index contributed by atoms with van der Waals surface area (Å²) in [5.74, 6) is -2.39. The van der Waals surface area contributed by atoms with Gasteiger partial charge in [0.05, 0.1) is 13.2 Å². The van der Waals surface area contributed by atoms with Crippen molar-refractivity contribution in [3.8, 4) is 0 Å². The fourth-order valence-corrected chi connectivity index (χ4v) is 7.52. The number of phosphoric ester groups is 1. The number of ether oxygens (including phenoxy) is 2. The summed E-state index contributed by atoms with van der Waals surface area (Å²) in [6.45, 7) is 2.79. The van der Waals surface area contributed by atoms with Gasteiger partial charge in [-0.15, -0.1) is 0 Å². The number of hydrogen-bond donors (Lipinski definition) is 3. The van der Waals surface area contributed by atoms with E-state index in [0.29, 0.717) is 12.8 Å². The lowest BCUT2D eigenvalue weighted by molar-refractivity contribution is -0.161. The molecular weight excluding hydrogens is 794 g/mol. The number of carboxylic acid groups (broad SMARTS) is 1. The maximum absolute atomic E-state index is 12.7. The Labute approximate surface area is 372 Å². The summed E-state index contributed by atoms with van der Waals surface area (Å²) < 4.78 is 32.8. The van der Waals surface area contributed by atoms with Gasteiger partial charge < -0.3 is 25.2 Å². The predicted molar refractivity (Wildman–Crippen MR) is 249 cm³/mol. The van der Waals surface area contributed by atoms with Gasteiger partial charge in [0.2, 0.25) is 0 Å². The molecule has 0 heterocycles. The molecule has 0 amide bonds. The Morgan fingerprint density at radius 2 is 0.869 bits per heavy atom. The van der Waals surface area contributed by atoms with Gasteiger partial charge in [-0.3, -0.25) is 23.4 Å². The van der Waals surface area contributed by atoms with Gasteiger partial charge in [-0.1, -0.05) is 179 Å². The van der Waals surface area contributed by atoms with Gasteiger partial charge in [0.15, 0.2) is 6.10 Å². The molecule has 0 saturated heterocycles. The Hall–Kier alpha value is -2.30. The van der Waals surface area contributed by atoms with Crippen LogP contribution in [0.1, 0.15) is 226 Å². The van der Waals surface area contributed by atoms with Gasteiger partial charge >= 0.3 is 25.7 Å². The van der Waals surface area contributed by atoms with Crippen molar-refractivity contribution in [2.24, 2.45) is 5.73 Å². The number of carbonyl (C=O) groups excluding carboxylic acids is 2. The largest absolute Gasteiger partial charge is 0.480 e. The summed E-state index contributed by atoms with van der Waals surface area (Å²) in [7, 11) is -4.72. The van der Waals surface area contributed by atoms with Gasteiger partial charge in [0.25, 0.3) is 0 Å². The summed E-state index contributed by atoms with van der Waals surface area (Å²) >= 11 is 0. The monoisotopic (exact) mass is 884 g/mol. The molecule has 0 radical (unpaired) electrons. The first-order valence-electron chi connectivity index (χ1n) is 24.5. The standard InChI is InChI=1S/C49H90NO10P/c1-3-5-7-9-11-13-15-17-19-21-22-23-24-25-27-28-30-32-34-36-38-40-47(51)57-42-45(43-58-61(55,56)59-44-46(50)49(53)54)60-48(52)41-39-37-35-33-31-29-26-20-18-16-14-12-10-8-6-4-2/h14,16,20-22,26,45-46H,3-13,15,17-19,23-25,27-44,50H2,1-2H3,(H,53,54)(H,55,56)/b16-14-,22-21-,26-20-. The van der Waals surface area contributed by atoms with E-state index in [1.165, 1.54) is 122 Å². The second-order valence-electron chi connectivity index (χ2n) is 16.6. The third kappa shape index (κ3) is 44.1. The van der Waals surface area contributed by atoms with Crippen LogP contribution in [0, 0.1) is 0 Å². The summed E-state index contributed by atoms with van der Waals surface area (Å²) in [6.07, 6.45) is 49.2. The predicted octanol–water partition coefficient (Wildman–Crippen LogP) is 13.6. The number of carbonyl (C=O) groups is 3. The molecule has 0 aliphatic carbocycles. The lowest BCUT2D eigenvalue weighted by atomic mass is 10.1. The van der Waals surface area contributed by atoms with Crippen LogP contribution in [0.5, 0.6) is 0 Å². The summed E-state index contributed by atoms with van der Waals surface area (Å²) in [5.41, 5.74) is 5.34. The van der Waals surface area contributed by atoms with Crippen molar-refractivity contribution in [3.05, 3.63) is 36.5 Å². The average Bonchev–Trinajstić information content (AvgIpc) is 3.24. The number of nitrogens with two attached hydrogens (primary N) is 1. The molecule has 0 bridgehead atoms. The molecule has 356 valence electrons. The summed E-state index contributed by atoms with van der Waals surface area (Å²) in [4.78, 5) is 46.1. The van der Waals surface area contributed by atoms with E-state index in [0.717, 1.165) is 64.2 Å². The molecule has 3 unspecified atom stereocenters. The van der Waals surface area contributed by atoms with Gasteiger partial charge in [-0.05, 0) is 70.6 Å². The normalized spacial score (nSPS) is 13.9. The second-order valence-corrected chi connectivity index (χ2v) is 18.0. The maximum Gasteiger partial charge on any atom is 0.472 e. The van der Waals surface area contributed by atoms with E-state index in [4.69, 9.17) is 24.8 Å². The molecule has 0 fully saturated rings. The quantitative estimate of drug-likeness (QED) is 0.0230. The topological polar surface area (TPSA) is 172 Å². The highest BCUT2D eigenvalue weighted by Gasteiger charge is 2.28. The van der Waals surface area contributed by atoms with E-state index in [2.05, 4.69) is 54.8 Å². The number of rotatable bonds is 46. The van der Waals surface area contributed by atoms with Crippen LogP contribution in [0.2, 0.25) is 0 Å². The lowest BCUT2D eigenvalue weighted by Gasteiger charge is -2.20. The fraction of sp³-hybridized carbons (Fsp3) is 0.816. The third-order valence-corrected chi connectivity index (χ3v) is 11.6. The van der Waals surface area contributed by atoms with Crippen molar-refractivity contribution >= 4 is 25.7 Å². The lowest BCUT2D eigenvalue weighted by Crippen LogP contribution is -2.34. The Morgan fingerprint density at radius 1 is 0.508 bits per heavy atom. The first kappa shape index (κ1) is 58.7. The minimum atomic E-state index is -4.72. The highest BCUT2D eigenvalue weighted by molar-refractivity contribution is 7.47. The van der Waals surface area contributed by atoms with Crippen LogP contribution in [-0.4, -0.2) is 59.9 Å². The number of carboxylic acids is 1. The molecule has 61 heavy (non-hydrogen) atoms. The number of aliphatic carboxylic acids is 1. The zero-order valence-corrected chi connectivity index (χ0v) is 39.7. The van der Waals surface area contributed by atoms with Gasteiger partial charge in [-0.2, -0.15) is 0 Å². The minimum Gasteiger partial charge on any atom is -0.480 e. The fourth-order valence-electron chi connectivity index (χ4n) is 6.74. The molecule has 12 heteroatoms. The van der Waals surface area contributed by atoms with E-state index in [9.17, 15) is 23.8 Å². The van der Waals surface area contributed by atoms with E-state index in [1.807, 2.05) is 0 Å². The number of esters is 2. The molecule has 0 aliphatic heterocycles. The van der Waals surface area contributed by atoms with Crippen LogP contribution in [0.4, 0.5) is 0 Å². The highest BCUT2D eigenvalue weighted by atomic mass is 31.2. The van der Waals surface area contributed by atoms with E-state index in [1.54, 1.807) is 0 Å². The molecule has 0 aromatic carbocycles. The Balaban J connectivity index is 4.27. The summed E-state index contributed by atoms with van der Waals surface area (Å²) in [5, 5.41) is 8.91. The van der Waals surface area contributed by atoms with Gasteiger partial charge in [0.1, 0.15) is 12.6 Å². The zero-order chi connectivity index (χ0) is 44.9. The van der Waals surface area contributed by atoms with Crippen molar-refractivity contribution in [1.29, 1.82) is 0 Å². The first-order chi connectivity index (χ1) is 29.6. The molecule has 0 aromatic heterocycles. The number of allylic oxidation sites excluding steroid dienone is 6. The van der Waals surface area contributed by atoms with Crippen LogP contribution in [-0.2, 0) is 37.5 Å². The minimum absolute atomic E-state index is 0.145. The van der Waals surface area contributed by atoms with Crippen LogP contribution in [0.25, 0.3) is 0 Å². The van der Waals surface area contributed by atoms with Crippen molar-refractivity contribution in [2.45, 2.75) is 238 Å². The highest BCUT2D eigenvalue weighted by Crippen LogP contribution is 2.43.